The van der Waals surface area contributed by atoms with E-state index in [0.29, 0.717) is 16.5 Å². The van der Waals surface area contributed by atoms with Crippen molar-refractivity contribution in [1.82, 2.24) is 0 Å². The number of hydrogen-bond donors (Lipinski definition) is 2. The Bertz CT molecular complexity index is 620. The largest absolute Gasteiger partial charge is 0.398 e. The van der Waals surface area contributed by atoms with Gasteiger partial charge in [0, 0.05) is 40.6 Å². The molecule has 3 N–H and O–H groups in total. The molecule has 4 nitrogen and oxygen atoms in total. The average molecular weight is 246 g/mol. The van der Waals surface area contributed by atoms with E-state index < -0.39 is 10.1 Å². The van der Waals surface area contributed by atoms with Crippen LogP contribution in [-0.4, -0.2) is 42.5 Å². The number of fused-ring (bicyclic) bond motifs is 1. The number of nitrogen functional groups attached to an aromatic ring is 1. The van der Waals surface area contributed by atoms with E-state index in [1.165, 1.54) is 6.07 Å². The van der Waals surface area contributed by atoms with Crippen molar-refractivity contribution in [2.45, 2.75) is 4.90 Å². The summed E-state index contributed by atoms with van der Waals surface area (Å²) >= 11 is 0. The van der Waals surface area contributed by atoms with Gasteiger partial charge in [-0.3, -0.25) is 4.55 Å². The number of nitrogens with two attached hydrogens (primary N) is 1. The van der Waals surface area contributed by atoms with Crippen molar-refractivity contribution in [3.63, 3.8) is 0 Å². The Morgan fingerprint density at radius 3 is 2.19 bits per heavy atom. The Hall–Kier alpha value is -0.590. The molecule has 0 atom stereocenters. The van der Waals surface area contributed by atoms with Crippen LogP contribution in [0.3, 0.4) is 0 Å². The van der Waals surface area contributed by atoms with Crippen LogP contribution in [0.2, 0.25) is 0 Å². The number of rotatable bonds is 1. The fraction of sp³-hybridized carbons (Fsp3) is 0. The van der Waals surface area contributed by atoms with Gasteiger partial charge in [0.25, 0.3) is 10.1 Å². The summed E-state index contributed by atoms with van der Waals surface area (Å²) in [4.78, 5) is -0.155. The van der Waals surface area contributed by atoms with Crippen molar-refractivity contribution >= 4 is 56.1 Å². The molecule has 2 aromatic rings. The van der Waals surface area contributed by atoms with E-state index in [9.17, 15) is 8.42 Å². The van der Waals surface area contributed by atoms with E-state index >= 15 is 0 Å². The molecule has 0 aromatic heterocycles. The van der Waals surface area contributed by atoms with E-state index in [0.717, 1.165) is 0 Å². The van der Waals surface area contributed by atoms with Crippen molar-refractivity contribution in [3.8, 4) is 0 Å². The summed E-state index contributed by atoms with van der Waals surface area (Å²) in [5.41, 5.74) is 6.01. The summed E-state index contributed by atoms with van der Waals surface area (Å²) in [6.07, 6.45) is 0. The first-order valence-electron chi connectivity index (χ1n) is 4.25. The molecule has 0 saturated heterocycles. The summed E-state index contributed by atoms with van der Waals surface area (Å²) < 4.78 is 31.2. The smallest absolute Gasteiger partial charge is 0.295 e. The molecule has 0 amide bonds. The molecule has 16 heavy (non-hydrogen) atoms. The maximum Gasteiger partial charge on any atom is 0.295 e. The summed E-state index contributed by atoms with van der Waals surface area (Å²) in [7, 11) is -4.23. The zero-order valence-corrected chi connectivity index (χ0v) is 11.5. The molecule has 2 rings (SSSR count). The predicted octanol–water partition coefficient (Wildman–Crippen LogP) is 1.29. The van der Waals surface area contributed by atoms with E-state index in [-0.39, 0.29) is 34.5 Å². The van der Waals surface area contributed by atoms with E-state index in [2.05, 4.69) is 0 Å². The standard InChI is InChI=1S/C10H9NO3S.Na/c11-8-5-1-3-7-4-2-6-9(10(7)8)15(12,13)14;/h1-6H,11H2,(H,12,13,14);. The van der Waals surface area contributed by atoms with Crippen LogP contribution in [0.25, 0.3) is 10.8 Å². The van der Waals surface area contributed by atoms with Crippen molar-refractivity contribution in [2.75, 3.05) is 5.73 Å². The summed E-state index contributed by atoms with van der Waals surface area (Å²) in [5, 5.41) is 1.05. The molecule has 0 bridgehead atoms. The van der Waals surface area contributed by atoms with Gasteiger partial charge in [0.2, 0.25) is 0 Å². The summed E-state index contributed by atoms with van der Waals surface area (Å²) in [5.74, 6) is 0. The second kappa shape index (κ2) is 4.73. The molecule has 79 valence electrons. The maximum absolute atomic E-state index is 11.1. The van der Waals surface area contributed by atoms with Gasteiger partial charge < -0.3 is 5.73 Å². The molecule has 1 radical (unpaired) electrons. The number of anilines is 1. The van der Waals surface area contributed by atoms with E-state index in [1.807, 2.05) is 0 Å². The van der Waals surface area contributed by atoms with Gasteiger partial charge in [-0.2, -0.15) is 8.42 Å². The fourth-order valence-corrected chi connectivity index (χ4v) is 2.29. The topological polar surface area (TPSA) is 80.4 Å². The van der Waals surface area contributed by atoms with Gasteiger partial charge in [-0.15, -0.1) is 0 Å². The normalized spacial score (nSPS) is 11.1. The van der Waals surface area contributed by atoms with Gasteiger partial charge >= 0.3 is 0 Å². The molecule has 0 aliphatic heterocycles. The van der Waals surface area contributed by atoms with Crippen molar-refractivity contribution < 1.29 is 13.0 Å². The fourth-order valence-electron chi connectivity index (χ4n) is 1.55. The second-order valence-corrected chi connectivity index (χ2v) is 4.57. The zero-order chi connectivity index (χ0) is 11.1. The molecule has 0 aliphatic carbocycles. The maximum atomic E-state index is 11.1. The van der Waals surface area contributed by atoms with Gasteiger partial charge in [-0.05, 0) is 17.5 Å². The molecule has 0 heterocycles. The van der Waals surface area contributed by atoms with Crippen LogP contribution in [0.5, 0.6) is 0 Å². The van der Waals surface area contributed by atoms with Crippen LogP contribution in [0.1, 0.15) is 0 Å². The Morgan fingerprint density at radius 1 is 1.06 bits per heavy atom. The van der Waals surface area contributed by atoms with Crippen LogP contribution in [-0.2, 0) is 10.1 Å². The first-order valence-corrected chi connectivity index (χ1v) is 5.69. The molecule has 0 saturated carbocycles. The zero-order valence-electron chi connectivity index (χ0n) is 8.71. The minimum atomic E-state index is -4.23. The summed E-state index contributed by atoms with van der Waals surface area (Å²) in [6, 6.07) is 9.68. The average Bonchev–Trinajstić information content (AvgIpc) is 2.16. The Morgan fingerprint density at radius 2 is 1.62 bits per heavy atom. The SMILES string of the molecule is Nc1cccc2cccc(S(=O)(=O)O)c12.[Na]. The minimum absolute atomic E-state index is 0. The number of benzene rings is 2. The van der Waals surface area contributed by atoms with Crippen LogP contribution >= 0.6 is 0 Å². The third-order valence-corrected chi connectivity index (χ3v) is 3.07. The molecule has 0 spiro atoms. The van der Waals surface area contributed by atoms with Crippen molar-refractivity contribution in [1.29, 1.82) is 0 Å². The molecule has 0 fully saturated rings. The Kier molecular flexibility index (Phi) is 3.98. The molecule has 0 unspecified atom stereocenters. The molecule has 2 aromatic carbocycles. The second-order valence-electron chi connectivity index (χ2n) is 3.18. The third-order valence-electron chi connectivity index (χ3n) is 2.18. The van der Waals surface area contributed by atoms with Gasteiger partial charge in [-0.25, -0.2) is 0 Å². The quantitative estimate of drug-likeness (QED) is 0.451. The molecular formula is C10H9NNaO3S. The monoisotopic (exact) mass is 246 g/mol. The summed E-state index contributed by atoms with van der Waals surface area (Å²) in [6.45, 7) is 0. The van der Waals surface area contributed by atoms with Crippen LogP contribution in [0, 0.1) is 0 Å². The van der Waals surface area contributed by atoms with E-state index in [1.54, 1.807) is 30.3 Å². The van der Waals surface area contributed by atoms with Gasteiger partial charge in [0.1, 0.15) is 4.90 Å². The first kappa shape index (κ1) is 13.5. The van der Waals surface area contributed by atoms with Crippen molar-refractivity contribution in [2.24, 2.45) is 0 Å². The Labute approximate surface area is 115 Å². The predicted molar refractivity (Wildman–Crippen MR) is 63.9 cm³/mol. The van der Waals surface area contributed by atoms with Gasteiger partial charge in [0.15, 0.2) is 0 Å². The van der Waals surface area contributed by atoms with Crippen LogP contribution < -0.4 is 5.73 Å². The third kappa shape index (κ3) is 2.39. The van der Waals surface area contributed by atoms with Crippen molar-refractivity contribution in [3.05, 3.63) is 36.4 Å². The molecular weight excluding hydrogens is 237 g/mol. The Balaban J connectivity index is 0.00000128. The minimum Gasteiger partial charge on any atom is -0.398 e. The molecule has 0 aliphatic rings. The van der Waals surface area contributed by atoms with Crippen LogP contribution in [0.4, 0.5) is 5.69 Å². The van der Waals surface area contributed by atoms with Crippen LogP contribution in [0.15, 0.2) is 41.3 Å². The molecule has 6 heteroatoms. The van der Waals surface area contributed by atoms with Gasteiger partial charge in [0.05, 0.1) is 0 Å². The first-order chi connectivity index (χ1) is 7.00. The number of hydrogen-bond acceptors (Lipinski definition) is 3. The van der Waals surface area contributed by atoms with Gasteiger partial charge in [-0.1, -0.05) is 24.3 Å². The van der Waals surface area contributed by atoms with E-state index in [4.69, 9.17) is 10.3 Å².